The van der Waals surface area contributed by atoms with Gasteiger partial charge >= 0.3 is 0 Å². The molecule has 4 heteroatoms. The highest BCUT2D eigenvalue weighted by atomic mass is 32.2. The number of benzene rings is 1. The van der Waals surface area contributed by atoms with E-state index in [4.69, 9.17) is 5.11 Å². The summed E-state index contributed by atoms with van der Waals surface area (Å²) in [6.07, 6.45) is 0.871. The minimum absolute atomic E-state index is 0.0726. The van der Waals surface area contributed by atoms with Gasteiger partial charge in [0.1, 0.15) is 0 Å². The SMILES string of the molecule is Cc1ccc2c(c1)CC(CCO)S2(=O)=O. The minimum atomic E-state index is -3.19. The summed E-state index contributed by atoms with van der Waals surface area (Å²) in [6, 6.07) is 5.42. The highest BCUT2D eigenvalue weighted by Gasteiger charge is 2.36. The van der Waals surface area contributed by atoms with Crippen molar-refractivity contribution in [3.63, 3.8) is 0 Å². The van der Waals surface area contributed by atoms with Gasteiger partial charge in [-0.1, -0.05) is 17.7 Å². The summed E-state index contributed by atoms with van der Waals surface area (Å²) in [7, 11) is -3.19. The van der Waals surface area contributed by atoms with Crippen LogP contribution in [0.15, 0.2) is 23.1 Å². The van der Waals surface area contributed by atoms with Crippen molar-refractivity contribution in [1.29, 1.82) is 0 Å². The van der Waals surface area contributed by atoms with Crippen molar-refractivity contribution in [2.75, 3.05) is 6.61 Å². The fourth-order valence-corrected chi connectivity index (χ4v) is 4.02. The van der Waals surface area contributed by atoms with Gasteiger partial charge < -0.3 is 5.11 Å². The second-order valence-corrected chi connectivity index (χ2v) is 6.19. The van der Waals surface area contributed by atoms with E-state index < -0.39 is 15.1 Å². The molecule has 1 atom stereocenters. The predicted molar refractivity (Wildman–Crippen MR) is 57.6 cm³/mol. The largest absolute Gasteiger partial charge is 0.396 e. The molecule has 1 N–H and O–H groups in total. The summed E-state index contributed by atoms with van der Waals surface area (Å²) in [4.78, 5) is 0.451. The highest BCUT2D eigenvalue weighted by molar-refractivity contribution is 7.92. The lowest BCUT2D eigenvalue weighted by Gasteiger charge is -2.05. The Bertz CT molecular complexity index is 477. The van der Waals surface area contributed by atoms with E-state index in [0.717, 1.165) is 11.1 Å². The third-order valence-corrected chi connectivity index (χ3v) is 5.15. The highest BCUT2D eigenvalue weighted by Crippen LogP contribution is 2.33. The van der Waals surface area contributed by atoms with Crippen molar-refractivity contribution >= 4 is 9.84 Å². The van der Waals surface area contributed by atoms with Crippen LogP contribution in [0.5, 0.6) is 0 Å². The second-order valence-electron chi connectivity index (χ2n) is 3.99. The van der Waals surface area contributed by atoms with E-state index in [0.29, 0.717) is 17.7 Å². The number of sulfone groups is 1. The second kappa shape index (κ2) is 3.61. The molecule has 3 nitrogen and oxygen atoms in total. The number of hydrogen-bond acceptors (Lipinski definition) is 3. The zero-order chi connectivity index (χ0) is 11.1. The van der Waals surface area contributed by atoms with Gasteiger partial charge in [0.05, 0.1) is 10.1 Å². The molecule has 2 rings (SSSR count). The zero-order valence-corrected chi connectivity index (χ0v) is 9.42. The van der Waals surface area contributed by atoms with Gasteiger partial charge in [0.15, 0.2) is 9.84 Å². The van der Waals surface area contributed by atoms with Crippen LogP contribution >= 0.6 is 0 Å². The van der Waals surface area contributed by atoms with E-state index >= 15 is 0 Å². The molecule has 0 aliphatic carbocycles. The van der Waals surface area contributed by atoms with E-state index in [9.17, 15) is 8.42 Å². The molecule has 82 valence electrons. The smallest absolute Gasteiger partial charge is 0.181 e. The first-order valence-electron chi connectivity index (χ1n) is 5.00. The molecule has 0 amide bonds. The van der Waals surface area contributed by atoms with Gasteiger partial charge in [-0.05, 0) is 31.4 Å². The average Bonchev–Trinajstić information content (AvgIpc) is 2.39. The molecule has 0 bridgehead atoms. The molecule has 1 aliphatic heterocycles. The van der Waals surface area contributed by atoms with Gasteiger partial charge in [0, 0.05) is 6.61 Å². The van der Waals surface area contributed by atoms with Gasteiger partial charge in [-0.3, -0.25) is 0 Å². The van der Waals surface area contributed by atoms with E-state index in [1.807, 2.05) is 19.1 Å². The Morgan fingerprint density at radius 1 is 1.47 bits per heavy atom. The van der Waals surface area contributed by atoms with Crippen LogP contribution in [0.4, 0.5) is 0 Å². The van der Waals surface area contributed by atoms with Crippen molar-refractivity contribution in [3.8, 4) is 0 Å². The van der Waals surface area contributed by atoms with Crippen LogP contribution in [0.1, 0.15) is 17.5 Å². The van der Waals surface area contributed by atoms with Gasteiger partial charge in [0.25, 0.3) is 0 Å². The van der Waals surface area contributed by atoms with Crippen molar-refractivity contribution in [2.24, 2.45) is 0 Å². The Balaban J connectivity index is 2.48. The van der Waals surface area contributed by atoms with E-state index in [1.165, 1.54) is 0 Å². The number of hydrogen-bond donors (Lipinski definition) is 1. The monoisotopic (exact) mass is 226 g/mol. The number of fused-ring (bicyclic) bond motifs is 1. The average molecular weight is 226 g/mol. The van der Waals surface area contributed by atoms with Crippen LogP contribution in [-0.4, -0.2) is 25.4 Å². The summed E-state index contributed by atoms with van der Waals surface area (Å²) in [6.45, 7) is 1.88. The number of aliphatic hydroxyl groups excluding tert-OH is 1. The lowest BCUT2D eigenvalue weighted by molar-refractivity contribution is 0.285. The van der Waals surface area contributed by atoms with E-state index in [-0.39, 0.29) is 6.61 Å². The van der Waals surface area contributed by atoms with Crippen LogP contribution in [0.25, 0.3) is 0 Å². The Hall–Kier alpha value is -0.870. The Morgan fingerprint density at radius 3 is 2.87 bits per heavy atom. The number of aryl methyl sites for hydroxylation is 1. The summed E-state index contributed by atoms with van der Waals surface area (Å²) in [5.74, 6) is 0. The first-order valence-corrected chi connectivity index (χ1v) is 6.54. The molecular weight excluding hydrogens is 212 g/mol. The minimum Gasteiger partial charge on any atom is -0.396 e. The summed E-state index contributed by atoms with van der Waals surface area (Å²) in [5.41, 5.74) is 1.97. The quantitative estimate of drug-likeness (QED) is 0.821. The molecule has 1 heterocycles. The van der Waals surface area contributed by atoms with Crippen LogP contribution in [-0.2, 0) is 16.3 Å². The third-order valence-electron chi connectivity index (χ3n) is 2.86. The number of aliphatic hydroxyl groups is 1. The molecule has 0 fully saturated rings. The molecule has 0 spiro atoms. The van der Waals surface area contributed by atoms with Crippen molar-refractivity contribution in [1.82, 2.24) is 0 Å². The molecule has 0 saturated heterocycles. The van der Waals surface area contributed by atoms with Crippen molar-refractivity contribution in [3.05, 3.63) is 29.3 Å². The molecule has 1 aliphatic rings. The van der Waals surface area contributed by atoms with Crippen molar-refractivity contribution < 1.29 is 13.5 Å². The lowest BCUT2D eigenvalue weighted by Crippen LogP contribution is -2.18. The van der Waals surface area contributed by atoms with E-state index in [1.54, 1.807) is 6.07 Å². The lowest BCUT2D eigenvalue weighted by atomic mass is 10.1. The van der Waals surface area contributed by atoms with Crippen LogP contribution < -0.4 is 0 Å². The van der Waals surface area contributed by atoms with Gasteiger partial charge in [-0.15, -0.1) is 0 Å². The third kappa shape index (κ3) is 1.68. The van der Waals surface area contributed by atoms with Crippen molar-refractivity contribution in [2.45, 2.75) is 29.9 Å². The molecule has 0 saturated carbocycles. The molecule has 0 radical (unpaired) electrons. The molecule has 1 aromatic rings. The van der Waals surface area contributed by atoms with Gasteiger partial charge in [-0.2, -0.15) is 0 Å². The van der Waals surface area contributed by atoms with E-state index in [2.05, 4.69) is 0 Å². The van der Waals surface area contributed by atoms with Gasteiger partial charge in [0.2, 0.25) is 0 Å². The Kier molecular flexibility index (Phi) is 2.56. The molecule has 0 aromatic heterocycles. The first-order chi connectivity index (χ1) is 7.05. The molecule has 1 aromatic carbocycles. The zero-order valence-electron chi connectivity index (χ0n) is 8.60. The molecular formula is C11H14O3S. The Labute approximate surface area is 89.7 Å². The summed E-state index contributed by atoms with van der Waals surface area (Å²) in [5, 5.41) is 8.40. The maximum atomic E-state index is 12.0. The fraction of sp³-hybridized carbons (Fsp3) is 0.455. The maximum absolute atomic E-state index is 12.0. The summed E-state index contributed by atoms with van der Waals surface area (Å²) < 4.78 is 23.9. The van der Waals surface area contributed by atoms with Crippen LogP contribution in [0.2, 0.25) is 0 Å². The Morgan fingerprint density at radius 2 is 2.20 bits per heavy atom. The molecule has 15 heavy (non-hydrogen) atoms. The van der Waals surface area contributed by atoms with Gasteiger partial charge in [-0.25, -0.2) is 8.42 Å². The normalized spacial score (nSPS) is 22.7. The fourth-order valence-electron chi connectivity index (χ4n) is 2.08. The maximum Gasteiger partial charge on any atom is 0.181 e. The van der Waals surface area contributed by atoms with Crippen LogP contribution in [0, 0.1) is 6.92 Å². The topological polar surface area (TPSA) is 54.4 Å². The predicted octanol–water partition coefficient (Wildman–Crippen LogP) is 1.08. The number of rotatable bonds is 2. The van der Waals surface area contributed by atoms with Crippen LogP contribution in [0.3, 0.4) is 0 Å². The molecule has 1 unspecified atom stereocenters. The standard InChI is InChI=1S/C11H14O3S/c1-8-2-3-11-9(6-8)7-10(4-5-12)15(11,13)14/h2-3,6,10,12H,4-5,7H2,1H3. The summed E-state index contributed by atoms with van der Waals surface area (Å²) >= 11 is 0. The first kappa shape index (κ1) is 10.6.